The van der Waals surface area contributed by atoms with Crippen molar-refractivity contribution in [1.82, 2.24) is 9.78 Å². The zero-order valence-electron chi connectivity index (χ0n) is 8.04. The van der Waals surface area contributed by atoms with Gasteiger partial charge in [-0.3, -0.25) is 4.68 Å². The Bertz CT molecular complexity index is 486. The van der Waals surface area contributed by atoms with E-state index in [1.54, 1.807) is 7.05 Å². The molecule has 78 valence electrons. The molecule has 15 heavy (non-hydrogen) atoms. The Morgan fingerprint density at radius 1 is 1.33 bits per heavy atom. The van der Waals surface area contributed by atoms with Crippen molar-refractivity contribution in [2.24, 2.45) is 7.05 Å². The third-order valence-corrected chi connectivity index (χ3v) is 2.15. The number of hydrogen-bond acceptors (Lipinski definition) is 2. The van der Waals surface area contributed by atoms with E-state index in [1.807, 2.05) is 0 Å². The molecule has 3 nitrogen and oxygen atoms in total. The number of nitrogens with zero attached hydrogens (tertiary/aromatic N) is 2. The average Bonchev–Trinajstić information content (AvgIpc) is 2.48. The van der Waals surface area contributed by atoms with Crippen LogP contribution in [-0.4, -0.2) is 9.78 Å². The van der Waals surface area contributed by atoms with Gasteiger partial charge in [-0.05, 0) is 12.1 Å². The third-order valence-electron chi connectivity index (χ3n) is 2.15. The summed E-state index contributed by atoms with van der Waals surface area (Å²) >= 11 is 0. The van der Waals surface area contributed by atoms with Gasteiger partial charge >= 0.3 is 0 Å². The normalized spacial score (nSPS) is 10.6. The lowest BCUT2D eigenvalue weighted by molar-refractivity contribution is 0.584. The number of aromatic nitrogens is 2. The second-order valence-corrected chi connectivity index (χ2v) is 3.20. The maximum absolute atomic E-state index is 13.4. The Morgan fingerprint density at radius 2 is 2.07 bits per heavy atom. The van der Waals surface area contributed by atoms with Crippen LogP contribution in [0.3, 0.4) is 0 Å². The predicted molar refractivity (Wildman–Crippen MR) is 53.0 cm³/mol. The van der Waals surface area contributed by atoms with E-state index >= 15 is 0 Å². The van der Waals surface area contributed by atoms with Gasteiger partial charge in [0.1, 0.15) is 11.6 Å². The Kier molecular flexibility index (Phi) is 2.15. The molecule has 1 aromatic heterocycles. The van der Waals surface area contributed by atoms with Crippen LogP contribution >= 0.6 is 0 Å². The van der Waals surface area contributed by atoms with E-state index in [-0.39, 0.29) is 5.56 Å². The molecule has 0 bridgehead atoms. The highest BCUT2D eigenvalue weighted by molar-refractivity contribution is 5.72. The molecule has 5 heteroatoms. The molecule has 0 saturated heterocycles. The number of hydrogen-bond donors (Lipinski definition) is 1. The van der Waals surface area contributed by atoms with Crippen molar-refractivity contribution in [3.8, 4) is 11.3 Å². The van der Waals surface area contributed by atoms with Crippen molar-refractivity contribution in [2.75, 3.05) is 5.73 Å². The summed E-state index contributed by atoms with van der Waals surface area (Å²) in [5.74, 6) is -1.26. The molecule has 2 rings (SSSR count). The summed E-state index contributed by atoms with van der Waals surface area (Å²) in [4.78, 5) is 0. The van der Waals surface area contributed by atoms with Gasteiger partial charge in [0, 0.05) is 18.7 Å². The van der Waals surface area contributed by atoms with Gasteiger partial charge in [-0.15, -0.1) is 0 Å². The third kappa shape index (κ3) is 1.56. The summed E-state index contributed by atoms with van der Waals surface area (Å²) in [6, 6.07) is 3.35. The first kappa shape index (κ1) is 9.64. The molecule has 0 amide bonds. The lowest BCUT2D eigenvalue weighted by Crippen LogP contribution is -1.98. The van der Waals surface area contributed by atoms with Crippen LogP contribution in [0.15, 0.2) is 24.4 Å². The summed E-state index contributed by atoms with van der Waals surface area (Å²) in [5, 5.41) is 3.89. The molecule has 0 unspecified atom stereocenters. The number of aryl methyl sites for hydroxylation is 1. The minimum atomic E-state index is -0.648. The number of rotatable bonds is 1. The van der Waals surface area contributed by atoms with E-state index < -0.39 is 11.6 Å². The number of anilines is 1. The fourth-order valence-corrected chi connectivity index (χ4v) is 1.47. The summed E-state index contributed by atoms with van der Waals surface area (Å²) in [6.07, 6.45) is 1.43. The van der Waals surface area contributed by atoms with Gasteiger partial charge < -0.3 is 5.73 Å². The maximum Gasteiger partial charge on any atom is 0.135 e. The van der Waals surface area contributed by atoms with Crippen LogP contribution in [0.25, 0.3) is 11.3 Å². The topological polar surface area (TPSA) is 43.8 Å². The molecule has 2 aromatic rings. The molecule has 0 spiro atoms. The number of benzene rings is 1. The monoisotopic (exact) mass is 209 g/mol. The molecule has 0 fully saturated rings. The first-order chi connectivity index (χ1) is 7.09. The Hall–Kier alpha value is -1.91. The van der Waals surface area contributed by atoms with E-state index in [1.165, 1.54) is 23.0 Å². The van der Waals surface area contributed by atoms with Crippen LogP contribution in [0, 0.1) is 11.6 Å². The van der Waals surface area contributed by atoms with Gasteiger partial charge in [-0.1, -0.05) is 0 Å². The number of nitrogens with two attached hydrogens (primary N) is 1. The molecular weight excluding hydrogens is 200 g/mol. The van der Waals surface area contributed by atoms with Gasteiger partial charge in [-0.2, -0.15) is 5.10 Å². The van der Waals surface area contributed by atoms with Gasteiger partial charge in [0.2, 0.25) is 0 Å². The van der Waals surface area contributed by atoms with Crippen LogP contribution in [-0.2, 0) is 7.05 Å². The van der Waals surface area contributed by atoms with Crippen molar-refractivity contribution >= 4 is 5.69 Å². The largest absolute Gasteiger partial charge is 0.396 e. The van der Waals surface area contributed by atoms with Crippen LogP contribution in [0.4, 0.5) is 14.5 Å². The molecule has 0 aliphatic carbocycles. The SMILES string of the molecule is Cn1ncc(N)c1-c1ccc(F)cc1F. The van der Waals surface area contributed by atoms with Crippen molar-refractivity contribution in [3.05, 3.63) is 36.0 Å². The molecule has 0 aliphatic heterocycles. The van der Waals surface area contributed by atoms with E-state index in [9.17, 15) is 8.78 Å². The standard InChI is InChI=1S/C10H9F2N3/c1-15-10(9(13)5-14-15)7-3-2-6(11)4-8(7)12/h2-5H,13H2,1H3. The van der Waals surface area contributed by atoms with E-state index in [0.717, 1.165) is 6.07 Å². The summed E-state index contributed by atoms with van der Waals surface area (Å²) in [6.45, 7) is 0. The van der Waals surface area contributed by atoms with Crippen LogP contribution in [0.5, 0.6) is 0 Å². The van der Waals surface area contributed by atoms with Crippen LogP contribution in [0.2, 0.25) is 0 Å². The molecule has 0 aliphatic rings. The summed E-state index contributed by atoms with van der Waals surface area (Å²) in [7, 11) is 1.65. The van der Waals surface area contributed by atoms with Crippen LogP contribution < -0.4 is 5.73 Å². The molecule has 0 atom stereocenters. The van der Waals surface area contributed by atoms with E-state index in [2.05, 4.69) is 5.10 Å². The Balaban J connectivity index is 2.64. The highest BCUT2D eigenvalue weighted by Crippen LogP contribution is 2.27. The number of halogens is 2. The lowest BCUT2D eigenvalue weighted by Gasteiger charge is -2.05. The Labute approximate surface area is 85.1 Å². The Morgan fingerprint density at radius 3 is 2.60 bits per heavy atom. The van der Waals surface area contributed by atoms with Crippen molar-refractivity contribution in [2.45, 2.75) is 0 Å². The average molecular weight is 209 g/mol. The zero-order chi connectivity index (χ0) is 11.0. The second kappa shape index (κ2) is 3.34. The molecule has 0 radical (unpaired) electrons. The van der Waals surface area contributed by atoms with Gasteiger partial charge in [0.25, 0.3) is 0 Å². The zero-order valence-corrected chi connectivity index (χ0v) is 8.04. The fourth-order valence-electron chi connectivity index (χ4n) is 1.47. The van der Waals surface area contributed by atoms with Gasteiger partial charge in [-0.25, -0.2) is 8.78 Å². The molecule has 2 N–H and O–H groups in total. The maximum atomic E-state index is 13.4. The van der Waals surface area contributed by atoms with Gasteiger partial charge in [0.05, 0.1) is 17.6 Å². The van der Waals surface area contributed by atoms with Crippen molar-refractivity contribution in [3.63, 3.8) is 0 Å². The highest BCUT2D eigenvalue weighted by Gasteiger charge is 2.13. The van der Waals surface area contributed by atoms with E-state index in [4.69, 9.17) is 5.73 Å². The minimum Gasteiger partial charge on any atom is -0.396 e. The predicted octanol–water partition coefficient (Wildman–Crippen LogP) is 1.95. The highest BCUT2D eigenvalue weighted by atomic mass is 19.1. The molecule has 1 aromatic carbocycles. The smallest absolute Gasteiger partial charge is 0.135 e. The minimum absolute atomic E-state index is 0.244. The van der Waals surface area contributed by atoms with Gasteiger partial charge in [0.15, 0.2) is 0 Å². The van der Waals surface area contributed by atoms with Crippen molar-refractivity contribution in [1.29, 1.82) is 0 Å². The summed E-state index contributed by atoms with van der Waals surface area (Å²) in [5.41, 5.74) is 6.70. The van der Waals surface area contributed by atoms with E-state index in [0.29, 0.717) is 11.4 Å². The molecular formula is C10H9F2N3. The molecule has 0 saturated carbocycles. The quantitative estimate of drug-likeness (QED) is 0.780. The second-order valence-electron chi connectivity index (χ2n) is 3.20. The first-order valence-electron chi connectivity index (χ1n) is 4.32. The summed E-state index contributed by atoms with van der Waals surface area (Å²) < 4.78 is 27.6. The van der Waals surface area contributed by atoms with Crippen LogP contribution in [0.1, 0.15) is 0 Å². The first-order valence-corrected chi connectivity index (χ1v) is 4.32. The lowest BCUT2D eigenvalue weighted by atomic mass is 10.1. The molecule has 1 heterocycles. The number of nitrogen functional groups attached to an aromatic ring is 1. The van der Waals surface area contributed by atoms with Crippen molar-refractivity contribution < 1.29 is 8.78 Å². The fraction of sp³-hybridized carbons (Fsp3) is 0.100.